The molecule has 2 aliphatic rings. The fourth-order valence-corrected chi connectivity index (χ4v) is 3.73. The van der Waals surface area contributed by atoms with Crippen LogP contribution < -0.4 is 4.72 Å². The van der Waals surface area contributed by atoms with Crippen molar-refractivity contribution in [2.45, 2.75) is 18.2 Å². The highest BCUT2D eigenvalue weighted by molar-refractivity contribution is 8.04. The van der Waals surface area contributed by atoms with Crippen molar-refractivity contribution in [3.05, 3.63) is 10.6 Å². The van der Waals surface area contributed by atoms with Crippen LogP contribution in [0.3, 0.4) is 0 Å². The molecule has 2 aliphatic heterocycles. The third-order valence-corrected chi connectivity index (χ3v) is 4.67. The first-order valence-electron chi connectivity index (χ1n) is 5.19. The molecule has 2 rings (SSSR count). The Balaban J connectivity index is 2.07. The zero-order valence-corrected chi connectivity index (χ0v) is 11.2. The van der Waals surface area contributed by atoms with Gasteiger partial charge in [0.15, 0.2) is 0 Å². The standard InChI is InChI=1S/C9H12N2O5S2/c1-18(15,16)10-3-2-5-8(9(13)14)11-6(12)4-7(11)17-5/h7,10H,2-4H2,1H3,(H,13,14)/t7-/m1/s1. The number of sulfonamides is 1. The van der Waals surface area contributed by atoms with E-state index in [9.17, 15) is 18.0 Å². The molecule has 0 unspecified atom stereocenters. The summed E-state index contributed by atoms with van der Waals surface area (Å²) in [6.07, 6.45) is 1.65. The highest BCUT2D eigenvalue weighted by Gasteiger charge is 2.47. The summed E-state index contributed by atoms with van der Waals surface area (Å²) in [6, 6.07) is 0. The molecular formula is C9H12N2O5S2. The van der Waals surface area contributed by atoms with E-state index in [0.29, 0.717) is 11.3 Å². The second-order valence-electron chi connectivity index (χ2n) is 4.03. The zero-order valence-electron chi connectivity index (χ0n) is 9.54. The number of hydrogen-bond acceptors (Lipinski definition) is 5. The number of nitrogens with zero attached hydrogens (tertiary/aromatic N) is 1. The van der Waals surface area contributed by atoms with E-state index in [2.05, 4.69) is 4.72 Å². The molecular weight excluding hydrogens is 280 g/mol. The van der Waals surface area contributed by atoms with Crippen molar-refractivity contribution < 1.29 is 23.1 Å². The molecule has 1 fully saturated rings. The fraction of sp³-hybridized carbons (Fsp3) is 0.556. The molecule has 9 heteroatoms. The van der Waals surface area contributed by atoms with E-state index in [1.165, 1.54) is 16.7 Å². The number of hydrogen-bond donors (Lipinski definition) is 2. The van der Waals surface area contributed by atoms with Gasteiger partial charge >= 0.3 is 5.97 Å². The fourth-order valence-electron chi connectivity index (χ4n) is 1.85. The van der Waals surface area contributed by atoms with Gasteiger partial charge in [0.25, 0.3) is 0 Å². The summed E-state index contributed by atoms with van der Waals surface area (Å²) in [7, 11) is -3.29. The zero-order chi connectivity index (χ0) is 13.5. The van der Waals surface area contributed by atoms with E-state index in [4.69, 9.17) is 5.11 Å². The lowest BCUT2D eigenvalue weighted by Gasteiger charge is -2.33. The number of fused-ring (bicyclic) bond motifs is 1. The summed E-state index contributed by atoms with van der Waals surface area (Å²) in [5.74, 6) is -1.34. The summed E-state index contributed by atoms with van der Waals surface area (Å²) in [5, 5.41) is 8.95. The van der Waals surface area contributed by atoms with Crippen LogP contribution in [0.2, 0.25) is 0 Å². The predicted octanol–water partition coefficient (Wildman–Crippen LogP) is -0.473. The number of carboxylic acids is 1. The van der Waals surface area contributed by atoms with Crippen molar-refractivity contribution in [1.82, 2.24) is 9.62 Å². The predicted molar refractivity (Wildman–Crippen MR) is 65.0 cm³/mol. The highest BCUT2D eigenvalue weighted by Crippen LogP contribution is 2.47. The number of carbonyl (C=O) groups excluding carboxylic acids is 1. The molecule has 0 aliphatic carbocycles. The van der Waals surface area contributed by atoms with Crippen LogP contribution >= 0.6 is 11.8 Å². The van der Waals surface area contributed by atoms with E-state index >= 15 is 0 Å². The molecule has 100 valence electrons. The summed E-state index contributed by atoms with van der Waals surface area (Å²) in [6.45, 7) is 0.132. The van der Waals surface area contributed by atoms with E-state index in [0.717, 1.165) is 6.26 Å². The summed E-state index contributed by atoms with van der Waals surface area (Å²) < 4.78 is 24.1. The Morgan fingerprint density at radius 3 is 2.78 bits per heavy atom. The number of aliphatic carboxylic acids is 1. The molecule has 0 radical (unpaired) electrons. The van der Waals surface area contributed by atoms with Crippen LogP contribution in [0, 0.1) is 0 Å². The molecule has 0 bridgehead atoms. The maximum atomic E-state index is 11.3. The van der Waals surface area contributed by atoms with Gasteiger partial charge in [-0.2, -0.15) is 0 Å². The SMILES string of the molecule is CS(=O)(=O)NCCC1=C(C(=O)O)N2C(=O)C[C@H]2S1. The van der Waals surface area contributed by atoms with Gasteiger partial charge in [0.1, 0.15) is 5.70 Å². The molecule has 18 heavy (non-hydrogen) atoms. The summed E-state index contributed by atoms with van der Waals surface area (Å²) in [5.41, 5.74) is -0.00319. The second-order valence-corrected chi connectivity index (χ2v) is 7.14. The minimum atomic E-state index is -3.29. The molecule has 0 spiro atoms. The number of carbonyl (C=O) groups is 2. The molecule has 0 saturated carbocycles. The van der Waals surface area contributed by atoms with E-state index in [1.54, 1.807) is 0 Å². The molecule has 1 saturated heterocycles. The van der Waals surface area contributed by atoms with Crippen LogP contribution in [0.25, 0.3) is 0 Å². The van der Waals surface area contributed by atoms with Gasteiger partial charge in [-0.1, -0.05) is 0 Å². The van der Waals surface area contributed by atoms with Gasteiger partial charge in [-0.15, -0.1) is 11.8 Å². The van der Waals surface area contributed by atoms with Gasteiger partial charge in [-0.3, -0.25) is 9.69 Å². The largest absolute Gasteiger partial charge is 0.477 e. The van der Waals surface area contributed by atoms with Crippen molar-refractivity contribution in [2.75, 3.05) is 12.8 Å². The molecule has 2 heterocycles. The Labute approximate surface area is 108 Å². The Kier molecular flexibility index (Phi) is 3.39. The first-order chi connectivity index (χ1) is 8.29. The number of nitrogens with one attached hydrogen (secondary N) is 1. The highest BCUT2D eigenvalue weighted by atomic mass is 32.2. The van der Waals surface area contributed by atoms with Crippen LogP contribution in [-0.2, 0) is 19.6 Å². The van der Waals surface area contributed by atoms with Crippen LogP contribution in [0.4, 0.5) is 0 Å². The van der Waals surface area contributed by atoms with Gasteiger partial charge in [0.2, 0.25) is 15.9 Å². The molecule has 2 N–H and O–H groups in total. The van der Waals surface area contributed by atoms with Crippen molar-refractivity contribution in [3.8, 4) is 0 Å². The normalized spacial score (nSPS) is 23.1. The number of β-lactam (4-membered cyclic amide) rings is 1. The molecule has 0 aromatic carbocycles. The Morgan fingerprint density at radius 1 is 1.61 bits per heavy atom. The number of amides is 1. The van der Waals surface area contributed by atoms with Crippen LogP contribution in [-0.4, -0.2) is 48.5 Å². The first kappa shape index (κ1) is 13.4. The minimum Gasteiger partial charge on any atom is -0.477 e. The quantitative estimate of drug-likeness (QED) is 0.664. The summed E-state index contributed by atoms with van der Waals surface area (Å²) in [4.78, 5) is 24.2. The smallest absolute Gasteiger partial charge is 0.353 e. The number of carboxylic acid groups (broad SMARTS) is 1. The monoisotopic (exact) mass is 292 g/mol. The van der Waals surface area contributed by atoms with E-state index < -0.39 is 16.0 Å². The molecule has 0 aromatic rings. The Hall–Kier alpha value is -1.06. The van der Waals surface area contributed by atoms with Crippen molar-refractivity contribution in [2.24, 2.45) is 0 Å². The van der Waals surface area contributed by atoms with Gasteiger partial charge in [-0.25, -0.2) is 17.9 Å². The van der Waals surface area contributed by atoms with Crippen LogP contribution in [0.5, 0.6) is 0 Å². The van der Waals surface area contributed by atoms with Crippen LogP contribution in [0.1, 0.15) is 12.8 Å². The lowest BCUT2D eigenvalue weighted by Crippen LogP contribution is -2.48. The molecule has 1 atom stereocenters. The van der Waals surface area contributed by atoms with Crippen molar-refractivity contribution >= 4 is 33.7 Å². The van der Waals surface area contributed by atoms with Gasteiger partial charge in [-0.05, 0) is 6.42 Å². The van der Waals surface area contributed by atoms with Crippen LogP contribution in [0.15, 0.2) is 10.6 Å². The van der Waals surface area contributed by atoms with Gasteiger partial charge < -0.3 is 5.11 Å². The number of thioether (sulfide) groups is 1. The molecule has 1 amide bonds. The second kappa shape index (κ2) is 4.56. The molecule has 7 nitrogen and oxygen atoms in total. The van der Waals surface area contributed by atoms with E-state index in [-0.39, 0.29) is 29.9 Å². The molecule has 0 aromatic heterocycles. The topological polar surface area (TPSA) is 104 Å². The van der Waals surface area contributed by atoms with Gasteiger partial charge in [0, 0.05) is 11.4 Å². The first-order valence-corrected chi connectivity index (χ1v) is 7.96. The maximum Gasteiger partial charge on any atom is 0.353 e. The average Bonchev–Trinajstić information content (AvgIpc) is 2.49. The van der Waals surface area contributed by atoms with Crippen molar-refractivity contribution in [1.29, 1.82) is 0 Å². The lowest BCUT2D eigenvalue weighted by atomic mass is 10.1. The lowest BCUT2D eigenvalue weighted by molar-refractivity contribution is -0.145. The number of rotatable bonds is 5. The Morgan fingerprint density at radius 2 is 2.28 bits per heavy atom. The Bertz CT molecular complexity index is 539. The third-order valence-electron chi connectivity index (χ3n) is 2.61. The maximum absolute atomic E-state index is 11.3. The van der Waals surface area contributed by atoms with Gasteiger partial charge in [0.05, 0.1) is 18.1 Å². The third kappa shape index (κ3) is 2.52. The summed E-state index contributed by atoms with van der Waals surface area (Å²) >= 11 is 1.32. The average molecular weight is 292 g/mol. The van der Waals surface area contributed by atoms with Crippen molar-refractivity contribution in [3.63, 3.8) is 0 Å². The minimum absolute atomic E-state index is 0.00319. The van der Waals surface area contributed by atoms with E-state index in [1.807, 2.05) is 0 Å².